The minimum absolute atomic E-state index is 0.00314. The van der Waals surface area contributed by atoms with Gasteiger partial charge in [-0.1, -0.05) is 29.8 Å². The van der Waals surface area contributed by atoms with Gasteiger partial charge in [-0.05, 0) is 43.3 Å². The summed E-state index contributed by atoms with van der Waals surface area (Å²) in [4.78, 5) is 13.0. The molecule has 0 spiro atoms. The number of carbonyl (C=O) groups excluding carboxylic acids is 1. The highest BCUT2D eigenvalue weighted by atomic mass is 35.5. The summed E-state index contributed by atoms with van der Waals surface area (Å²) in [5.74, 6) is 0.803. The fraction of sp³-hybridized carbons (Fsp3) is 0.235. The summed E-state index contributed by atoms with van der Waals surface area (Å²) in [6.07, 6.45) is 0. The van der Waals surface area contributed by atoms with Crippen molar-refractivity contribution in [1.82, 2.24) is 5.32 Å². The molecule has 2 aromatic carbocycles. The van der Waals surface area contributed by atoms with Crippen molar-refractivity contribution in [2.75, 3.05) is 13.2 Å². The topological polar surface area (TPSA) is 38.3 Å². The highest BCUT2D eigenvalue weighted by molar-refractivity contribution is 8.00. The van der Waals surface area contributed by atoms with Crippen molar-refractivity contribution in [2.24, 2.45) is 0 Å². The van der Waals surface area contributed by atoms with E-state index < -0.39 is 0 Å². The smallest absolute Gasteiger partial charge is 0.233 e. The lowest BCUT2D eigenvalue weighted by atomic mass is 10.3. The summed E-state index contributed by atoms with van der Waals surface area (Å²) >= 11 is 7.35. The summed E-state index contributed by atoms with van der Waals surface area (Å²) in [5, 5.41) is 3.40. The van der Waals surface area contributed by atoms with Crippen LogP contribution >= 0.6 is 23.4 Å². The summed E-state index contributed by atoms with van der Waals surface area (Å²) in [6.45, 7) is 2.82. The van der Waals surface area contributed by atoms with Gasteiger partial charge in [-0.3, -0.25) is 4.79 Å². The van der Waals surface area contributed by atoms with Crippen LogP contribution in [0, 0.1) is 0 Å². The first-order valence-electron chi connectivity index (χ1n) is 7.03. The van der Waals surface area contributed by atoms with Crippen molar-refractivity contribution in [3.63, 3.8) is 0 Å². The van der Waals surface area contributed by atoms with Crippen LogP contribution in [0.3, 0.4) is 0 Å². The van der Waals surface area contributed by atoms with Gasteiger partial charge in [-0.15, -0.1) is 11.8 Å². The van der Waals surface area contributed by atoms with E-state index in [9.17, 15) is 4.79 Å². The third-order valence-electron chi connectivity index (χ3n) is 2.91. The second-order valence-corrected chi connectivity index (χ2v) is 6.52. The largest absolute Gasteiger partial charge is 0.492 e. The molecule has 0 aromatic heterocycles. The Morgan fingerprint density at radius 2 is 1.86 bits per heavy atom. The third kappa shape index (κ3) is 5.62. The van der Waals surface area contributed by atoms with Crippen LogP contribution < -0.4 is 10.1 Å². The van der Waals surface area contributed by atoms with Crippen LogP contribution in [0.15, 0.2) is 59.5 Å². The van der Waals surface area contributed by atoms with Crippen LogP contribution in [0.2, 0.25) is 5.02 Å². The van der Waals surface area contributed by atoms with Crippen LogP contribution in [-0.4, -0.2) is 24.3 Å². The molecule has 0 aliphatic carbocycles. The summed E-state index contributed by atoms with van der Waals surface area (Å²) < 4.78 is 5.53. The Balaban J connectivity index is 1.69. The number of hydrogen-bond acceptors (Lipinski definition) is 3. The molecule has 3 nitrogen and oxygen atoms in total. The summed E-state index contributed by atoms with van der Waals surface area (Å²) in [7, 11) is 0. The quantitative estimate of drug-likeness (QED) is 0.613. The molecular weight excluding hydrogens is 318 g/mol. The first kappa shape index (κ1) is 16.7. The Hall–Kier alpha value is -1.65. The number of ether oxygens (including phenoxy) is 1. The molecular formula is C17H18ClNO2S. The van der Waals surface area contributed by atoms with E-state index in [1.54, 1.807) is 0 Å². The van der Waals surface area contributed by atoms with E-state index in [1.165, 1.54) is 11.8 Å². The van der Waals surface area contributed by atoms with Gasteiger partial charge in [0.2, 0.25) is 5.91 Å². The Bertz CT molecular complexity index is 589. The Kier molecular flexibility index (Phi) is 6.62. The molecule has 0 radical (unpaired) electrons. The van der Waals surface area contributed by atoms with Gasteiger partial charge in [0.05, 0.1) is 11.8 Å². The Labute approximate surface area is 140 Å². The zero-order valence-electron chi connectivity index (χ0n) is 12.3. The van der Waals surface area contributed by atoms with Gasteiger partial charge in [0.1, 0.15) is 12.4 Å². The number of halogens is 1. The van der Waals surface area contributed by atoms with Crippen molar-refractivity contribution in [1.29, 1.82) is 0 Å². The standard InChI is InChI=1S/C17H18ClNO2S/c1-13(22-16-9-7-14(18)8-10-16)17(20)19-11-12-21-15-5-3-2-4-6-15/h2-10,13H,11-12H2,1H3,(H,19,20)/t13-/m1/s1. The molecule has 0 aliphatic heterocycles. The molecule has 0 fully saturated rings. The number of rotatable bonds is 7. The molecule has 0 saturated heterocycles. The minimum atomic E-state index is -0.169. The van der Waals surface area contributed by atoms with Gasteiger partial charge < -0.3 is 10.1 Å². The maximum atomic E-state index is 12.0. The van der Waals surface area contributed by atoms with E-state index in [4.69, 9.17) is 16.3 Å². The maximum absolute atomic E-state index is 12.0. The number of para-hydroxylation sites is 1. The SMILES string of the molecule is C[C@@H](Sc1ccc(Cl)cc1)C(=O)NCCOc1ccccc1. The van der Waals surface area contributed by atoms with Gasteiger partial charge in [0, 0.05) is 9.92 Å². The predicted molar refractivity (Wildman–Crippen MR) is 91.7 cm³/mol. The molecule has 0 bridgehead atoms. The second kappa shape index (κ2) is 8.71. The first-order chi connectivity index (χ1) is 10.6. The fourth-order valence-corrected chi connectivity index (χ4v) is 2.79. The van der Waals surface area contributed by atoms with E-state index in [0.29, 0.717) is 18.2 Å². The highest BCUT2D eigenvalue weighted by Gasteiger charge is 2.13. The van der Waals surface area contributed by atoms with Crippen LogP contribution in [-0.2, 0) is 4.79 Å². The highest BCUT2D eigenvalue weighted by Crippen LogP contribution is 2.24. The molecule has 0 unspecified atom stereocenters. The van der Waals surface area contributed by atoms with Crippen LogP contribution in [0.25, 0.3) is 0 Å². The zero-order chi connectivity index (χ0) is 15.8. The van der Waals surface area contributed by atoms with E-state index in [2.05, 4.69) is 5.32 Å². The molecule has 22 heavy (non-hydrogen) atoms. The molecule has 116 valence electrons. The average Bonchev–Trinajstić information content (AvgIpc) is 2.54. The van der Waals surface area contributed by atoms with Crippen LogP contribution in [0.1, 0.15) is 6.92 Å². The molecule has 1 atom stereocenters. The number of carbonyl (C=O) groups is 1. The summed E-state index contributed by atoms with van der Waals surface area (Å²) in [6, 6.07) is 17.0. The zero-order valence-corrected chi connectivity index (χ0v) is 13.9. The minimum Gasteiger partial charge on any atom is -0.492 e. The number of benzene rings is 2. The molecule has 1 N–H and O–H groups in total. The van der Waals surface area contributed by atoms with Crippen LogP contribution in [0.5, 0.6) is 5.75 Å². The lowest BCUT2D eigenvalue weighted by Gasteiger charge is -2.12. The van der Waals surface area contributed by atoms with Crippen molar-refractivity contribution < 1.29 is 9.53 Å². The van der Waals surface area contributed by atoms with Gasteiger partial charge in [0.15, 0.2) is 0 Å². The van der Waals surface area contributed by atoms with E-state index >= 15 is 0 Å². The van der Waals surface area contributed by atoms with Crippen molar-refractivity contribution >= 4 is 29.3 Å². The second-order valence-electron chi connectivity index (χ2n) is 4.67. The first-order valence-corrected chi connectivity index (χ1v) is 8.28. The van der Waals surface area contributed by atoms with Crippen molar-refractivity contribution in [2.45, 2.75) is 17.1 Å². The molecule has 1 amide bonds. The van der Waals surface area contributed by atoms with Crippen molar-refractivity contribution in [3.05, 3.63) is 59.6 Å². The van der Waals surface area contributed by atoms with Gasteiger partial charge in [-0.2, -0.15) is 0 Å². The Morgan fingerprint density at radius 3 is 2.55 bits per heavy atom. The molecule has 5 heteroatoms. The van der Waals surface area contributed by atoms with E-state index in [0.717, 1.165) is 10.6 Å². The molecule has 0 aliphatic rings. The van der Waals surface area contributed by atoms with E-state index in [-0.39, 0.29) is 11.2 Å². The maximum Gasteiger partial charge on any atom is 0.233 e. The molecule has 0 heterocycles. The number of thioether (sulfide) groups is 1. The molecule has 0 saturated carbocycles. The lowest BCUT2D eigenvalue weighted by Crippen LogP contribution is -2.33. The fourth-order valence-electron chi connectivity index (χ4n) is 1.77. The van der Waals surface area contributed by atoms with Gasteiger partial charge >= 0.3 is 0 Å². The normalized spacial score (nSPS) is 11.7. The Morgan fingerprint density at radius 1 is 1.18 bits per heavy atom. The number of hydrogen-bond donors (Lipinski definition) is 1. The third-order valence-corrected chi connectivity index (χ3v) is 4.27. The lowest BCUT2D eigenvalue weighted by molar-refractivity contribution is -0.120. The number of nitrogens with one attached hydrogen (secondary N) is 1. The molecule has 2 aromatic rings. The van der Waals surface area contributed by atoms with Gasteiger partial charge in [0.25, 0.3) is 0 Å². The van der Waals surface area contributed by atoms with Gasteiger partial charge in [-0.25, -0.2) is 0 Å². The monoisotopic (exact) mass is 335 g/mol. The predicted octanol–water partition coefficient (Wildman–Crippen LogP) is 4.02. The number of amides is 1. The summed E-state index contributed by atoms with van der Waals surface area (Å²) in [5.41, 5.74) is 0. The van der Waals surface area contributed by atoms with Crippen molar-refractivity contribution in [3.8, 4) is 5.75 Å². The average molecular weight is 336 g/mol. The molecule has 2 rings (SSSR count). The van der Waals surface area contributed by atoms with E-state index in [1.807, 2.05) is 61.5 Å². The van der Waals surface area contributed by atoms with Crippen LogP contribution in [0.4, 0.5) is 0 Å².